The Hall–Kier alpha value is -1.13. The molecule has 0 aromatic heterocycles. The second kappa shape index (κ2) is 3.43. The van der Waals surface area contributed by atoms with Gasteiger partial charge < -0.3 is 15.8 Å². The first-order chi connectivity index (χ1) is 7.69. The van der Waals surface area contributed by atoms with Crippen LogP contribution in [-0.2, 0) is 0 Å². The van der Waals surface area contributed by atoms with Crippen molar-refractivity contribution in [2.75, 3.05) is 13.1 Å². The number of rotatable bonds is 0. The zero-order valence-electron chi connectivity index (χ0n) is 9.00. The van der Waals surface area contributed by atoms with Crippen molar-refractivity contribution in [1.29, 1.82) is 0 Å². The SMILES string of the molecule is NC1CC2(CCNC2)Oc2cc(F)ccc21. The number of fused-ring (bicyclic) bond motifs is 1. The Labute approximate surface area is 93.8 Å². The maximum Gasteiger partial charge on any atom is 0.127 e. The second-order valence-electron chi connectivity index (χ2n) is 4.70. The molecule has 3 rings (SSSR count). The minimum Gasteiger partial charge on any atom is -0.485 e. The molecule has 2 aliphatic heterocycles. The topological polar surface area (TPSA) is 47.3 Å². The maximum atomic E-state index is 13.2. The van der Waals surface area contributed by atoms with E-state index in [0.717, 1.165) is 31.5 Å². The van der Waals surface area contributed by atoms with Crippen molar-refractivity contribution < 1.29 is 9.13 Å². The number of benzene rings is 1. The first-order valence-electron chi connectivity index (χ1n) is 5.63. The normalized spacial score (nSPS) is 32.5. The van der Waals surface area contributed by atoms with Crippen molar-refractivity contribution in [2.24, 2.45) is 5.73 Å². The average molecular weight is 222 g/mol. The largest absolute Gasteiger partial charge is 0.485 e. The number of hydrogen-bond acceptors (Lipinski definition) is 3. The third-order valence-corrected chi connectivity index (χ3v) is 3.50. The Balaban J connectivity index is 2.00. The summed E-state index contributed by atoms with van der Waals surface area (Å²) in [6.07, 6.45) is 1.75. The van der Waals surface area contributed by atoms with Crippen LogP contribution in [-0.4, -0.2) is 18.7 Å². The molecule has 0 bridgehead atoms. The average Bonchev–Trinajstić information content (AvgIpc) is 2.65. The molecule has 1 aromatic rings. The summed E-state index contributed by atoms with van der Waals surface area (Å²) in [6, 6.07) is 4.55. The summed E-state index contributed by atoms with van der Waals surface area (Å²) < 4.78 is 19.1. The Morgan fingerprint density at radius 3 is 3.12 bits per heavy atom. The smallest absolute Gasteiger partial charge is 0.127 e. The van der Waals surface area contributed by atoms with Gasteiger partial charge in [-0.1, -0.05) is 6.07 Å². The van der Waals surface area contributed by atoms with Gasteiger partial charge in [-0.15, -0.1) is 0 Å². The molecule has 86 valence electrons. The fourth-order valence-electron chi connectivity index (χ4n) is 2.67. The molecule has 1 spiro atoms. The number of ether oxygens (including phenoxy) is 1. The van der Waals surface area contributed by atoms with Gasteiger partial charge in [-0.3, -0.25) is 0 Å². The van der Waals surface area contributed by atoms with Crippen LogP contribution in [0.4, 0.5) is 4.39 Å². The Kier molecular flexibility index (Phi) is 2.16. The molecular weight excluding hydrogens is 207 g/mol. The molecule has 0 amide bonds. The van der Waals surface area contributed by atoms with Crippen LogP contribution in [0.15, 0.2) is 18.2 Å². The van der Waals surface area contributed by atoms with Crippen LogP contribution in [0.5, 0.6) is 5.75 Å². The number of hydrogen-bond donors (Lipinski definition) is 2. The zero-order chi connectivity index (χ0) is 11.2. The van der Waals surface area contributed by atoms with Gasteiger partial charge in [-0.05, 0) is 12.6 Å². The summed E-state index contributed by atoms with van der Waals surface area (Å²) in [5.41, 5.74) is 6.81. The van der Waals surface area contributed by atoms with Gasteiger partial charge in [-0.25, -0.2) is 4.39 Å². The van der Waals surface area contributed by atoms with Crippen molar-refractivity contribution in [1.82, 2.24) is 5.32 Å². The molecule has 1 aromatic carbocycles. The van der Waals surface area contributed by atoms with Gasteiger partial charge in [0.1, 0.15) is 17.2 Å². The second-order valence-corrected chi connectivity index (χ2v) is 4.70. The van der Waals surface area contributed by atoms with Crippen molar-refractivity contribution in [3.05, 3.63) is 29.6 Å². The Bertz CT molecular complexity index is 415. The van der Waals surface area contributed by atoms with Crippen molar-refractivity contribution in [3.63, 3.8) is 0 Å². The Morgan fingerprint density at radius 1 is 1.50 bits per heavy atom. The predicted molar refractivity (Wildman–Crippen MR) is 58.8 cm³/mol. The first-order valence-corrected chi connectivity index (χ1v) is 5.63. The molecular formula is C12H15FN2O. The lowest BCUT2D eigenvalue weighted by atomic mass is 9.87. The lowest BCUT2D eigenvalue weighted by molar-refractivity contribution is 0.0549. The summed E-state index contributed by atoms with van der Waals surface area (Å²) in [4.78, 5) is 0. The Morgan fingerprint density at radius 2 is 2.38 bits per heavy atom. The molecule has 0 saturated carbocycles. The molecule has 4 heteroatoms. The highest BCUT2D eigenvalue weighted by atomic mass is 19.1. The first kappa shape index (κ1) is 10.1. The molecule has 0 radical (unpaired) electrons. The summed E-state index contributed by atoms with van der Waals surface area (Å²) >= 11 is 0. The van der Waals surface area contributed by atoms with Crippen LogP contribution < -0.4 is 15.8 Å². The van der Waals surface area contributed by atoms with Crippen LogP contribution in [0.25, 0.3) is 0 Å². The van der Waals surface area contributed by atoms with Crippen LogP contribution >= 0.6 is 0 Å². The monoisotopic (exact) mass is 222 g/mol. The van der Waals surface area contributed by atoms with E-state index in [1.54, 1.807) is 6.07 Å². The van der Waals surface area contributed by atoms with Crippen molar-refractivity contribution in [2.45, 2.75) is 24.5 Å². The predicted octanol–water partition coefficient (Wildman–Crippen LogP) is 1.34. The zero-order valence-corrected chi connectivity index (χ0v) is 9.00. The van der Waals surface area contributed by atoms with Crippen molar-refractivity contribution >= 4 is 0 Å². The molecule has 2 unspecified atom stereocenters. The van der Waals surface area contributed by atoms with Gasteiger partial charge in [0.25, 0.3) is 0 Å². The van der Waals surface area contributed by atoms with E-state index in [0.29, 0.717) is 5.75 Å². The summed E-state index contributed by atoms with van der Waals surface area (Å²) in [6.45, 7) is 1.74. The van der Waals surface area contributed by atoms with E-state index in [1.165, 1.54) is 12.1 Å². The lowest BCUT2D eigenvalue weighted by Crippen LogP contribution is -2.44. The van der Waals surface area contributed by atoms with E-state index in [-0.39, 0.29) is 17.5 Å². The van der Waals surface area contributed by atoms with Gasteiger partial charge in [0.15, 0.2) is 0 Å². The van der Waals surface area contributed by atoms with Gasteiger partial charge >= 0.3 is 0 Å². The lowest BCUT2D eigenvalue weighted by Gasteiger charge is -2.38. The molecule has 3 nitrogen and oxygen atoms in total. The molecule has 1 fully saturated rings. The number of halogens is 1. The number of nitrogens with one attached hydrogen (secondary N) is 1. The summed E-state index contributed by atoms with van der Waals surface area (Å²) in [7, 11) is 0. The van der Waals surface area contributed by atoms with Gasteiger partial charge in [0, 0.05) is 37.1 Å². The fraction of sp³-hybridized carbons (Fsp3) is 0.500. The third-order valence-electron chi connectivity index (χ3n) is 3.50. The highest BCUT2D eigenvalue weighted by Crippen LogP contribution is 2.41. The quantitative estimate of drug-likeness (QED) is 0.696. The van der Waals surface area contributed by atoms with E-state index in [2.05, 4.69) is 5.32 Å². The minimum absolute atomic E-state index is 0.0516. The highest BCUT2D eigenvalue weighted by molar-refractivity contribution is 5.39. The van der Waals surface area contributed by atoms with E-state index in [9.17, 15) is 4.39 Å². The molecule has 16 heavy (non-hydrogen) atoms. The number of nitrogens with two attached hydrogens (primary N) is 1. The highest BCUT2D eigenvalue weighted by Gasteiger charge is 2.42. The fourth-order valence-corrected chi connectivity index (χ4v) is 2.67. The van der Waals surface area contributed by atoms with Gasteiger partial charge in [-0.2, -0.15) is 0 Å². The van der Waals surface area contributed by atoms with Gasteiger partial charge in [0.2, 0.25) is 0 Å². The maximum absolute atomic E-state index is 13.2. The molecule has 2 heterocycles. The van der Waals surface area contributed by atoms with Crippen LogP contribution in [0.1, 0.15) is 24.4 Å². The van der Waals surface area contributed by atoms with E-state index in [1.807, 2.05) is 0 Å². The van der Waals surface area contributed by atoms with E-state index < -0.39 is 0 Å². The van der Waals surface area contributed by atoms with Crippen molar-refractivity contribution in [3.8, 4) is 5.75 Å². The standard InChI is InChI=1S/C12H15FN2O/c13-8-1-2-9-10(14)6-12(3-4-15-7-12)16-11(9)5-8/h1-2,5,10,15H,3-4,6-7,14H2. The van der Waals surface area contributed by atoms with Crippen LogP contribution in [0.2, 0.25) is 0 Å². The van der Waals surface area contributed by atoms with Crippen LogP contribution in [0.3, 0.4) is 0 Å². The van der Waals surface area contributed by atoms with E-state index in [4.69, 9.17) is 10.5 Å². The van der Waals surface area contributed by atoms with E-state index >= 15 is 0 Å². The molecule has 2 aliphatic rings. The molecule has 1 saturated heterocycles. The molecule has 3 N–H and O–H groups in total. The molecule has 2 atom stereocenters. The third kappa shape index (κ3) is 1.49. The minimum atomic E-state index is -0.269. The summed E-state index contributed by atoms with van der Waals surface area (Å²) in [5, 5.41) is 3.27. The van der Waals surface area contributed by atoms with Gasteiger partial charge in [0.05, 0.1) is 0 Å². The summed E-state index contributed by atoms with van der Waals surface area (Å²) in [5.74, 6) is 0.344. The molecule has 0 aliphatic carbocycles. The van der Waals surface area contributed by atoms with Crippen LogP contribution in [0, 0.1) is 5.82 Å².